The predicted octanol–water partition coefficient (Wildman–Crippen LogP) is 4.35. The summed E-state index contributed by atoms with van der Waals surface area (Å²) in [5.74, 6) is 0.937. The average molecular weight is 358 g/mol. The summed E-state index contributed by atoms with van der Waals surface area (Å²) in [5.41, 5.74) is 4.33. The molecule has 1 N–H and O–H groups in total. The Morgan fingerprint density at radius 3 is 2.88 bits per heavy atom. The quantitative estimate of drug-likeness (QED) is 0.780. The molecule has 0 saturated carbocycles. The van der Waals surface area contributed by atoms with E-state index in [1.807, 2.05) is 29.3 Å². The lowest BCUT2D eigenvalue weighted by atomic mass is 10.1. The van der Waals surface area contributed by atoms with Crippen LogP contribution in [-0.4, -0.2) is 43.5 Å². The van der Waals surface area contributed by atoms with Gasteiger partial charge in [0.15, 0.2) is 0 Å². The highest BCUT2D eigenvalue weighted by atomic mass is 32.2. The van der Waals surface area contributed by atoms with E-state index in [1.165, 1.54) is 21.8 Å². The van der Waals surface area contributed by atoms with Crippen molar-refractivity contribution in [1.29, 1.82) is 5.41 Å². The molecule has 0 aliphatic carbocycles. The van der Waals surface area contributed by atoms with Gasteiger partial charge in [0.05, 0.1) is 11.4 Å². The molecule has 1 aliphatic heterocycles. The lowest BCUT2D eigenvalue weighted by molar-refractivity contribution is 0.416. The molecule has 2 aromatic rings. The van der Waals surface area contributed by atoms with E-state index in [1.54, 1.807) is 11.3 Å². The van der Waals surface area contributed by atoms with E-state index in [2.05, 4.69) is 48.7 Å². The molecule has 0 bridgehead atoms. The Morgan fingerprint density at radius 2 is 2.17 bits per heavy atom. The van der Waals surface area contributed by atoms with Gasteiger partial charge in [0.2, 0.25) is 0 Å². The Balaban J connectivity index is 1.78. The van der Waals surface area contributed by atoms with Crippen molar-refractivity contribution in [3.8, 4) is 0 Å². The maximum atomic E-state index is 8.28. The van der Waals surface area contributed by atoms with Crippen molar-refractivity contribution in [2.45, 2.75) is 11.3 Å². The third kappa shape index (κ3) is 3.91. The summed E-state index contributed by atoms with van der Waals surface area (Å²) < 4.78 is 0. The van der Waals surface area contributed by atoms with Gasteiger partial charge in [0, 0.05) is 40.7 Å². The van der Waals surface area contributed by atoms with Crippen LogP contribution in [0.1, 0.15) is 10.4 Å². The molecule has 0 spiro atoms. The van der Waals surface area contributed by atoms with Crippen LogP contribution < -0.4 is 4.90 Å². The highest BCUT2D eigenvalue weighted by Gasteiger charge is 2.21. The third-order valence-electron chi connectivity index (χ3n) is 4.06. The van der Waals surface area contributed by atoms with Crippen LogP contribution in [0.3, 0.4) is 0 Å². The van der Waals surface area contributed by atoms with Crippen molar-refractivity contribution in [3.63, 3.8) is 0 Å². The van der Waals surface area contributed by atoms with Crippen molar-refractivity contribution in [3.05, 3.63) is 58.4 Å². The molecule has 0 unspecified atom stereocenters. The van der Waals surface area contributed by atoms with Crippen LogP contribution in [0.2, 0.25) is 0 Å². The molecule has 0 radical (unpaired) electrons. The molecule has 0 atom stereocenters. The average Bonchev–Trinajstić information content (AvgIpc) is 3.08. The molecule has 0 fully saturated rings. The monoisotopic (exact) mass is 357 g/mol. The topological polar surface area (TPSA) is 30.3 Å². The molecule has 1 aromatic carbocycles. The summed E-state index contributed by atoms with van der Waals surface area (Å²) in [7, 11) is 4.20. The number of hydrogen-bond donors (Lipinski definition) is 1. The Hall–Kier alpha value is -1.56. The van der Waals surface area contributed by atoms with Crippen molar-refractivity contribution < 1.29 is 0 Å². The molecular weight excluding hydrogens is 334 g/mol. The van der Waals surface area contributed by atoms with Gasteiger partial charge in [-0.05, 0) is 43.2 Å². The van der Waals surface area contributed by atoms with Crippen molar-refractivity contribution in [1.82, 2.24) is 4.90 Å². The van der Waals surface area contributed by atoms with Crippen LogP contribution in [0.15, 0.2) is 52.9 Å². The maximum Gasteiger partial charge on any atom is 0.0547 e. The molecule has 126 valence electrons. The van der Waals surface area contributed by atoms with Gasteiger partial charge >= 0.3 is 0 Å². The van der Waals surface area contributed by atoms with E-state index < -0.39 is 0 Å². The van der Waals surface area contributed by atoms with Gasteiger partial charge < -0.3 is 15.2 Å². The lowest BCUT2D eigenvalue weighted by Crippen LogP contribution is -2.33. The van der Waals surface area contributed by atoms with E-state index in [-0.39, 0.29) is 0 Å². The minimum Gasteiger partial charge on any atom is -0.343 e. The summed E-state index contributed by atoms with van der Waals surface area (Å²) in [6.45, 7) is 6.20. The Bertz CT molecular complexity index is 735. The molecule has 3 nitrogen and oxygen atoms in total. The summed E-state index contributed by atoms with van der Waals surface area (Å²) in [6.07, 6.45) is 0.687. The highest BCUT2D eigenvalue weighted by molar-refractivity contribution is 7.99. The normalized spacial score (nSPS) is 14.1. The van der Waals surface area contributed by atoms with Crippen LogP contribution >= 0.6 is 23.1 Å². The van der Waals surface area contributed by atoms with Crippen molar-refractivity contribution in [2.75, 3.05) is 37.8 Å². The number of hydrogen-bond acceptors (Lipinski definition) is 5. The number of likely N-dealkylation sites (N-methyl/N-ethyl adjacent to an activating group) is 1. The molecule has 3 rings (SSSR count). The van der Waals surface area contributed by atoms with E-state index in [0.29, 0.717) is 12.1 Å². The number of nitrogens with one attached hydrogen (secondary N) is 1. The number of benzene rings is 1. The van der Waals surface area contributed by atoms with Crippen LogP contribution in [0.25, 0.3) is 0 Å². The largest absolute Gasteiger partial charge is 0.343 e. The van der Waals surface area contributed by atoms with Crippen LogP contribution in [-0.2, 0) is 6.42 Å². The molecule has 24 heavy (non-hydrogen) atoms. The minimum atomic E-state index is 0.687. The van der Waals surface area contributed by atoms with Gasteiger partial charge in [-0.1, -0.05) is 18.7 Å². The number of thioether (sulfide) groups is 1. The van der Waals surface area contributed by atoms with Crippen LogP contribution in [0.5, 0.6) is 0 Å². The fourth-order valence-corrected chi connectivity index (χ4v) is 4.45. The van der Waals surface area contributed by atoms with Gasteiger partial charge in [0.1, 0.15) is 0 Å². The third-order valence-corrected chi connectivity index (χ3v) is 6.11. The summed E-state index contributed by atoms with van der Waals surface area (Å²) in [4.78, 5) is 6.89. The van der Waals surface area contributed by atoms with Gasteiger partial charge in [-0.25, -0.2) is 0 Å². The van der Waals surface area contributed by atoms with E-state index in [0.717, 1.165) is 23.7 Å². The molecule has 0 saturated heterocycles. The zero-order chi connectivity index (χ0) is 17.1. The minimum absolute atomic E-state index is 0.687. The highest BCUT2D eigenvalue weighted by Crippen LogP contribution is 2.39. The maximum absolute atomic E-state index is 8.28. The molecule has 2 heterocycles. The number of thiophene rings is 1. The fourth-order valence-electron chi connectivity index (χ4n) is 2.74. The Kier molecular flexibility index (Phi) is 5.43. The summed E-state index contributed by atoms with van der Waals surface area (Å²) in [5, 5.41) is 10.3. The molecule has 1 aliphatic rings. The summed E-state index contributed by atoms with van der Waals surface area (Å²) >= 11 is 3.49. The number of rotatable bonds is 6. The fraction of sp³-hybridized carbons (Fsp3) is 0.316. The Labute approximate surface area is 152 Å². The second-order valence-corrected chi connectivity index (χ2v) is 8.21. The van der Waals surface area contributed by atoms with E-state index >= 15 is 0 Å². The number of fused-ring (bicyclic) bond motifs is 1. The smallest absolute Gasteiger partial charge is 0.0547 e. The second-order valence-electron chi connectivity index (χ2n) is 6.24. The first kappa shape index (κ1) is 17.3. The zero-order valence-corrected chi connectivity index (χ0v) is 15.8. The molecule has 1 aromatic heterocycles. The van der Waals surface area contributed by atoms with Crippen molar-refractivity contribution >= 4 is 34.5 Å². The molecule has 0 amide bonds. The molecular formula is C19H23N3S2. The van der Waals surface area contributed by atoms with Gasteiger partial charge in [-0.2, -0.15) is 0 Å². The first-order valence-corrected chi connectivity index (χ1v) is 9.88. The standard InChI is InChI=1S/C19H23N3S2/c1-14-13-24-19-12-15(11-16(20)18-5-4-10-23-18)6-7-17(19)22(14)9-8-21(2)3/h4-7,10,12,20H,1,8-9,11,13H2,2-3H3. The van der Waals surface area contributed by atoms with Gasteiger partial charge in [-0.15, -0.1) is 23.1 Å². The predicted molar refractivity (Wildman–Crippen MR) is 107 cm³/mol. The first-order chi connectivity index (χ1) is 11.5. The van der Waals surface area contributed by atoms with Crippen molar-refractivity contribution in [2.24, 2.45) is 0 Å². The van der Waals surface area contributed by atoms with Crippen LogP contribution in [0, 0.1) is 5.41 Å². The van der Waals surface area contributed by atoms with Crippen LogP contribution in [0.4, 0.5) is 5.69 Å². The summed E-state index contributed by atoms with van der Waals surface area (Å²) in [6, 6.07) is 10.6. The first-order valence-electron chi connectivity index (χ1n) is 8.01. The van der Waals surface area contributed by atoms with Gasteiger partial charge in [0.25, 0.3) is 0 Å². The SMILES string of the molecule is C=C1CSc2cc(CC(=N)c3cccs3)ccc2N1CCN(C)C. The zero-order valence-electron chi connectivity index (χ0n) is 14.2. The Morgan fingerprint density at radius 1 is 1.33 bits per heavy atom. The lowest BCUT2D eigenvalue weighted by Gasteiger charge is -2.33. The number of nitrogens with zero attached hydrogens (tertiary/aromatic N) is 2. The van der Waals surface area contributed by atoms with Gasteiger partial charge in [-0.3, -0.25) is 0 Å². The van der Waals surface area contributed by atoms with E-state index in [9.17, 15) is 0 Å². The second kappa shape index (κ2) is 7.55. The number of anilines is 1. The molecule has 5 heteroatoms. The van der Waals surface area contributed by atoms with E-state index in [4.69, 9.17) is 5.41 Å².